The predicted octanol–water partition coefficient (Wildman–Crippen LogP) is 3.29. The predicted molar refractivity (Wildman–Crippen MR) is 82.3 cm³/mol. The fraction of sp³-hybridized carbons (Fsp3) is 0.133. The van der Waals surface area contributed by atoms with E-state index < -0.39 is 0 Å². The Morgan fingerprint density at radius 3 is 2.81 bits per heavy atom. The number of anilines is 1. The maximum Gasteiger partial charge on any atom is 0.257 e. The number of nitriles is 1. The Kier molecular flexibility index (Phi) is 4.55. The van der Waals surface area contributed by atoms with Crippen LogP contribution in [0, 0.1) is 18.3 Å². The summed E-state index contributed by atoms with van der Waals surface area (Å²) in [7, 11) is 1.54. The zero-order chi connectivity index (χ0) is 15.4. The Morgan fingerprint density at radius 1 is 1.43 bits per heavy atom. The number of pyridine rings is 1. The van der Waals surface area contributed by atoms with Crippen LogP contribution in [0.25, 0.3) is 0 Å². The summed E-state index contributed by atoms with van der Waals surface area (Å²) >= 11 is 3.30. The van der Waals surface area contributed by atoms with Crippen molar-refractivity contribution in [2.45, 2.75) is 6.92 Å². The van der Waals surface area contributed by atoms with Crippen molar-refractivity contribution in [3.63, 3.8) is 0 Å². The lowest BCUT2D eigenvalue weighted by atomic mass is 10.1. The van der Waals surface area contributed by atoms with Crippen molar-refractivity contribution in [1.29, 1.82) is 5.26 Å². The summed E-state index contributed by atoms with van der Waals surface area (Å²) in [6, 6.07) is 8.57. The van der Waals surface area contributed by atoms with Crippen LogP contribution in [0.15, 0.2) is 34.9 Å². The van der Waals surface area contributed by atoms with E-state index in [0.717, 1.165) is 5.56 Å². The number of benzene rings is 1. The minimum atomic E-state index is -0.283. The van der Waals surface area contributed by atoms with Gasteiger partial charge in [-0.05, 0) is 46.6 Å². The number of aromatic nitrogens is 1. The van der Waals surface area contributed by atoms with Gasteiger partial charge in [-0.25, -0.2) is 4.98 Å². The number of aryl methyl sites for hydroxylation is 1. The van der Waals surface area contributed by atoms with Gasteiger partial charge in [-0.15, -0.1) is 0 Å². The molecule has 1 aromatic carbocycles. The molecule has 5 nitrogen and oxygen atoms in total. The van der Waals surface area contributed by atoms with E-state index in [9.17, 15) is 4.79 Å². The minimum absolute atomic E-state index is 0.283. The zero-order valence-electron chi connectivity index (χ0n) is 11.5. The maximum atomic E-state index is 12.2. The Morgan fingerprint density at radius 2 is 2.19 bits per heavy atom. The van der Waals surface area contributed by atoms with Crippen molar-refractivity contribution in [2.75, 3.05) is 12.4 Å². The molecule has 1 amide bonds. The summed E-state index contributed by atoms with van der Waals surface area (Å²) in [5.74, 6) is 0.689. The largest absolute Gasteiger partial charge is 0.495 e. The van der Waals surface area contributed by atoms with E-state index in [1.165, 1.54) is 7.11 Å². The number of hydrogen-bond acceptors (Lipinski definition) is 4. The van der Waals surface area contributed by atoms with Gasteiger partial charge in [0, 0.05) is 17.8 Å². The molecule has 0 bridgehead atoms. The Hall–Kier alpha value is -2.39. The highest BCUT2D eigenvalue weighted by atomic mass is 79.9. The number of rotatable bonds is 3. The molecule has 0 unspecified atom stereocenters. The maximum absolute atomic E-state index is 12.2. The van der Waals surface area contributed by atoms with Crippen molar-refractivity contribution in [3.05, 3.63) is 51.6 Å². The molecule has 106 valence electrons. The molecular formula is C15H12BrN3O2. The molecule has 0 aliphatic rings. The summed E-state index contributed by atoms with van der Waals surface area (Å²) in [6.07, 6.45) is 1.56. The lowest BCUT2D eigenvalue weighted by Gasteiger charge is -2.09. The number of halogens is 1. The first-order valence-corrected chi connectivity index (χ1v) is 6.86. The van der Waals surface area contributed by atoms with Crippen LogP contribution in [0.1, 0.15) is 21.5 Å². The molecule has 1 aromatic heterocycles. The van der Waals surface area contributed by atoms with E-state index in [1.54, 1.807) is 37.4 Å². The highest BCUT2D eigenvalue weighted by Crippen LogP contribution is 2.26. The van der Waals surface area contributed by atoms with Crippen molar-refractivity contribution in [3.8, 4) is 11.8 Å². The average Bonchev–Trinajstić information content (AvgIpc) is 2.48. The molecule has 0 saturated heterocycles. The van der Waals surface area contributed by atoms with Gasteiger partial charge in [-0.1, -0.05) is 0 Å². The molecule has 2 rings (SSSR count). The lowest BCUT2D eigenvalue weighted by Crippen LogP contribution is -2.14. The number of amides is 1. The van der Waals surface area contributed by atoms with Gasteiger partial charge in [0.1, 0.15) is 11.6 Å². The first kappa shape index (κ1) is 15.0. The Labute approximate surface area is 130 Å². The molecule has 2 aromatic rings. The Bertz CT molecular complexity index is 738. The van der Waals surface area contributed by atoms with Crippen molar-refractivity contribution in [1.82, 2.24) is 4.98 Å². The SMILES string of the molecule is COc1cc(NC(=O)c2ccc(C#N)cc2C)ncc1Br. The van der Waals surface area contributed by atoms with Gasteiger partial charge in [0.25, 0.3) is 5.91 Å². The fourth-order valence-electron chi connectivity index (χ4n) is 1.82. The lowest BCUT2D eigenvalue weighted by molar-refractivity contribution is 0.102. The van der Waals surface area contributed by atoms with Gasteiger partial charge >= 0.3 is 0 Å². The van der Waals surface area contributed by atoms with Crippen LogP contribution in [-0.4, -0.2) is 18.0 Å². The van der Waals surface area contributed by atoms with Gasteiger partial charge in [0.2, 0.25) is 0 Å². The second-order valence-electron chi connectivity index (χ2n) is 4.30. The van der Waals surface area contributed by atoms with E-state index in [1.807, 2.05) is 6.07 Å². The molecule has 21 heavy (non-hydrogen) atoms. The Balaban J connectivity index is 2.24. The van der Waals surface area contributed by atoms with Gasteiger partial charge in [-0.3, -0.25) is 4.79 Å². The van der Waals surface area contributed by atoms with Gasteiger partial charge in [-0.2, -0.15) is 5.26 Å². The average molecular weight is 346 g/mol. The fourth-order valence-corrected chi connectivity index (χ4v) is 2.20. The van der Waals surface area contributed by atoms with Crippen molar-refractivity contribution in [2.24, 2.45) is 0 Å². The van der Waals surface area contributed by atoms with Crippen LogP contribution in [-0.2, 0) is 0 Å². The number of nitrogens with one attached hydrogen (secondary N) is 1. The highest BCUT2D eigenvalue weighted by Gasteiger charge is 2.11. The summed E-state index contributed by atoms with van der Waals surface area (Å²) < 4.78 is 5.86. The van der Waals surface area contributed by atoms with Crippen LogP contribution in [0.2, 0.25) is 0 Å². The summed E-state index contributed by atoms with van der Waals surface area (Å²) in [5, 5.41) is 11.5. The smallest absolute Gasteiger partial charge is 0.257 e. The van der Waals surface area contributed by atoms with Crippen molar-refractivity contribution >= 4 is 27.7 Å². The first-order valence-electron chi connectivity index (χ1n) is 6.06. The molecule has 0 aliphatic heterocycles. The van der Waals surface area contributed by atoms with Crippen LogP contribution in [0.5, 0.6) is 5.75 Å². The third kappa shape index (κ3) is 3.38. The van der Waals surface area contributed by atoms with Crippen molar-refractivity contribution < 1.29 is 9.53 Å². The molecule has 1 N–H and O–H groups in total. The topological polar surface area (TPSA) is 75.0 Å². The molecule has 0 aliphatic carbocycles. The van der Waals surface area contributed by atoms with E-state index in [0.29, 0.717) is 27.2 Å². The molecule has 0 radical (unpaired) electrons. The van der Waals surface area contributed by atoms with Crippen LogP contribution >= 0.6 is 15.9 Å². The molecule has 0 saturated carbocycles. The zero-order valence-corrected chi connectivity index (χ0v) is 13.1. The van der Waals surface area contributed by atoms with E-state index in [-0.39, 0.29) is 5.91 Å². The molecule has 6 heteroatoms. The molecular weight excluding hydrogens is 334 g/mol. The normalized spacial score (nSPS) is 9.81. The second-order valence-corrected chi connectivity index (χ2v) is 5.15. The van der Waals surface area contributed by atoms with Crippen LogP contribution in [0.3, 0.4) is 0 Å². The van der Waals surface area contributed by atoms with E-state index in [4.69, 9.17) is 10.00 Å². The standard InChI is InChI=1S/C15H12BrN3O2/c1-9-5-10(7-17)3-4-11(9)15(20)19-14-6-13(21-2)12(16)8-18-14/h3-6,8H,1-2H3,(H,18,19,20). The number of carbonyl (C=O) groups is 1. The van der Waals surface area contributed by atoms with E-state index >= 15 is 0 Å². The van der Waals surface area contributed by atoms with Crippen LogP contribution < -0.4 is 10.1 Å². The number of carbonyl (C=O) groups excluding carboxylic acids is 1. The minimum Gasteiger partial charge on any atom is -0.495 e. The number of ether oxygens (including phenoxy) is 1. The third-order valence-corrected chi connectivity index (χ3v) is 3.48. The molecule has 0 spiro atoms. The van der Waals surface area contributed by atoms with Gasteiger partial charge in [0.05, 0.1) is 23.2 Å². The van der Waals surface area contributed by atoms with Gasteiger partial charge < -0.3 is 10.1 Å². The third-order valence-electron chi connectivity index (χ3n) is 2.88. The number of nitrogens with zero attached hydrogens (tertiary/aromatic N) is 2. The molecule has 0 atom stereocenters. The van der Waals surface area contributed by atoms with Gasteiger partial charge in [0.15, 0.2) is 0 Å². The quantitative estimate of drug-likeness (QED) is 0.925. The highest BCUT2D eigenvalue weighted by molar-refractivity contribution is 9.10. The van der Waals surface area contributed by atoms with E-state index in [2.05, 4.69) is 26.2 Å². The monoisotopic (exact) mass is 345 g/mol. The second kappa shape index (κ2) is 6.37. The molecule has 0 fully saturated rings. The summed E-state index contributed by atoms with van der Waals surface area (Å²) in [6.45, 7) is 1.78. The van der Waals surface area contributed by atoms with Crippen LogP contribution in [0.4, 0.5) is 5.82 Å². The molecule has 1 heterocycles. The summed E-state index contributed by atoms with van der Waals surface area (Å²) in [4.78, 5) is 16.3. The number of hydrogen-bond donors (Lipinski definition) is 1. The first-order chi connectivity index (χ1) is 10.0. The summed E-state index contributed by atoms with van der Waals surface area (Å²) in [5.41, 5.74) is 1.75. The number of methoxy groups -OCH3 is 1.